The fraction of sp³-hybridized carbons (Fsp3) is 0.250. The summed E-state index contributed by atoms with van der Waals surface area (Å²) in [5.41, 5.74) is 1.59. The van der Waals surface area contributed by atoms with Gasteiger partial charge in [-0.05, 0) is 30.9 Å². The molecule has 1 amide bonds. The lowest BCUT2D eigenvalue weighted by Crippen LogP contribution is -2.13. The molecule has 0 saturated heterocycles. The molecule has 0 atom stereocenters. The number of anilines is 1. The zero-order valence-corrected chi connectivity index (χ0v) is 17.0. The summed E-state index contributed by atoms with van der Waals surface area (Å²) in [6.07, 6.45) is 8.15. The van der Waals surface area contributed by atoms with Crippen molar-refractivity contribution in [2.75, 3.05) is 12.4 Å². The van der Waals surface area contributed by atoms with Crippen LogP contribution in [-0.4, -0.2) is 33.2 Å². The lowest BCUT2D eigenvalue weighted by atomic mass is 9.86. The van der Waals surface area contributed by atoms with Crippen LogP contribution in [0.3, 0.4) is 0 Å². The lowest BCUT2D eigenvalue weighted by molar-refractivity contribution is 0.102. The third-order valence-electron chi connectivity index (χ3n) is 4.54. The Morgan fingerprint density at radius 3 is 2.93 bits per heavy atom. The molecule has 0 unspecified atom stereocenters. The van der Waals surface area contributed by atoms with E-state index in [0.29, 0.717) is 38.5 Å². The Morgan fingerprint density at radius 1 is 1.31 bits per heavy atom. The van der Waals surface area contributed by atoms with Crippen molar-refractivity contribution in [1.82, 2.24) is 20.2 Å². The average molecular weight is 426 g/mol. The molecule has 9 heteroatoms. The number of aromatic nitrogens is 4. The number of carbonyl (C=O) groups is 1. The van der Waals surface area contributed by atoms with Gasteiger partial charge in [-0.3, -0.25) is 15.1 Å². The van der Waals surface area contributed by atoms with Gasteiger partial charge >= 0.3 is 0 Å². The SMILES string of the molecule is COc1cnc(Cl)cc1-c1cnccc1C(=O)Nc1nnc(C#CC2CCC2)s1. The molecule has 0 aliphatic heterocycles. The Balaban J connectivity index is 1.58. The molecular weight excluding hydrogens is 410 g/mol. The Morgan fingerprint density at radius 2 is 2.17 bits per heavy atom. The second-order valence-corrected chi connectivity index (χ2v) is 7.76. The first kappa shape index (κ1) is 19.3. The van der Waals surface area contributed by atoms with Gasteiger partial charge in [-0.25, -0.2) is 4.98 Å². The number of halogens is 1. The van der Waals surface area contributed by atoms with Crippen LogP contribution in [0.2, 0.25) is 5.15 Å². The average Bonchev–Trinajstić information content (AvgIpc) is 3.14. The van der Waals surface area contributed by atoms with Crippen molar-refractivity contribution < 1.29 is 9.53 Å². The molecule has 0 spiro atoms. The minimum absolute atomic E-state index is 0.287. The van der Waals surface area contributed by atoms with E-state index in [-0.39, 0.29) is 11.1 Å². The highest BCUT2D eigenvalue weighted by Gasteiger charge is 2.18. The summed E-state index contributed by atoms with van der Waals surface area (Å²) < 4.78 is 5.36. The van der Waals surface area contributed by atoms with Crippen LogP contribution in [0.1, 0.15) is 34.6 Å². The predicted molar refractivity (Wildman–Crippen MR) is 111 cm³/mol. The van der Waals surface area contributed by atoms with Gasteiger partial charge in [0.25, 0.3) is 5.91 Å². The van der Waals surface area contributed by atoms with E-state index in [1.54, 1.807) is 24.5 Å². The second-order valence-electron chi connectivity index (χ2n) is 6.39. The Bertz CT molecular complexity index is 1120. The first-order valence-electron chi connectivity index (χ1n) is 8.94. The van der Waals surface area contributed by atoms with Crippen LogP contribution < -0.4 is 10.1 Å². The number of ether oxygens (including phenoxy) is 1. The third-order valence-corrected chi connectivity index (χ3v) is 5.50. The molecule has 1 fully saturated rings. The van der Waals surface area contributed by atoms with Crippen molar-refractivity contribution in [3.05, 3.63) is 46.4 Å². The Hall–Kier alpha value is -3.02. The van der Waals surface area contributed by atoms with E-state index < -0.39 is 0 Å². The van der Waals surface area contributed by atoms with Gasteiger partial charge in [0, 0.05) is 29.4 Å². The van der Waals surface area contributed by atoms with Gasteiger partial charge in [0.15, 0.2) is 5.01 Å². The van der Waals surface area contributed by atoms with Gasteiger partial charge in [-0.15, -0.1) is 10.2 Å². The van der Waals surface area contributed by atoms with Crippen LogP contribution >= 0.6 is 22.9 Å². The number of methoxy groups -OCH3 is 1. The summed E-state index contributed by atoms with van der Waals surface area (Å²) in [5.74, 6) is 6.82. The van der Waals surface area contributed by atoms with Gasteiger partial charge in [0.2, 0.25) is 5.13 Å². The summed E-state index contributed by atoms with van der Waals surface area (Å²) in [7, 11) is 1.53. The molecule has 3 aromatic rings. The van der Waals surface area contributed by atoms with Crippen molar-refractivity contribution in [2.24, 2.45) is 5.92 Å². The number of hydrogen-bond acceptors (Lipinski definition) is 7. The molecule has 1 aliphatic carbocycles. The van der Waals surface area contributed by atoms with Crippen LogP contribution in [-0.2, 0) is 0 Å². The number of pyridine rings is 2. The standard InChI is InChI=1S/C20H16ClN5O2S/c1-28-16-11-23-17(21)9-14(16)15-10-22-8-7-13(15)19(27)24-20-26-25-18(29-20)6-5-12-3-2-4-12/h7-12H,2-4H2,1H3,(H,24,26,27). The van der Waals surface area contributed by atoms with Crippen molar-refractivity contribution in [2.45, 2.75) is 19.3 Å². The number of nitrogens with one attached hydrogen (secondary N) is 1. The maximum Gasteiger partial charge on any atom is 0.258 e. The van der Waals surface area contributed by atoms with E-state index in [1.807, 2.05) is 0 Å². The summed E-state index contributed by atoms with van der Waals surface area (Å²) >= 11 is 7.28. The van der Waals surface area contributed by atoms with E-state index in [4.69, 9.17) is 16.3 Å². The number of carbonyl (C=O) groups excluding carboxylic acids is 1. The van der Waals surface area contributed by atoms with Crippen LogP contribution in [0.15, 0.2) is 30.7 Å². The van der Waals surface area contributed by atoms with Gasteiger partial charge < -0.3 is 4.74 Å². The smallest absolute Gasteiger partial charge is 0.258 e. The largest absolute Gasteiger partial charge is 0.494 e. The highest BCUT2D eigenvalue weighted by atomic mass is 35.5. The van der Waals surface area contributed by atoms with Gasteiger partial charge in [-0.2, -0.15) is 0 Å². The second kappa shape index (κ2) is 8.55. The van der Waals surface area contributed by atoms with Crippen LogP contribution in [0.4, 0.5) is 5.13 Å². The quantitative estimate of drug-likeness (QED) is 0.500. The topological polar surface area (TPSA) is 89.9 Å². The molecule has 0 aromatic carbocycles. The van der Waals surface area contributed by atoms with Crippen molar-refractivity contribution in [1.29, 1.82) is 0 Å². The lowest BCUT2D eigenvalue weighted by Gasteiger charge is -2.18. The molecule has 1 aliphatic rings. The predicted octanol–water partition coefficient (Wildman–Crippen LogP) is 4.06. The van der Waals surface area contributed by atoms with Gasteiger partial charge in [0.05, 0.1) is 18.9 Å². The number of rotatable bonds is 4. The minimum atomic E-state index is -0.341. The van der Waals surface area contributed by atoms with Crippen LogP contribution in [0, 0.1) is 17.8 Å². The maximum atomic E-state index is 12.9. The van der Waals surface area contributed by atoms with Crippen molar-refractivity contribution in [3.63, 3.8) is 0 Å². The number of amides is 1. The van der Waals surface area contributed by atoms with Crippen LogP contribution in [0.25, 0.3) is 11.1 Å². The molecule has 29 heavy (non-hydrogen) atoms. The molecule has 146 valence electrons. The first-order valence-corrected chi connectivity index (χ1v) is 10.1. The molecule has 7 nitrogen and oxygen atoms in total. The summed E-state index contributed by atoms with van der Waals surface area (Å²) in [5, 5.41) is 12.1. The molecule has 0 bridgehead atoms. The molecular formula is C20H16ClN5O2S. The van der Waals surface area contributed by atoms with Gasteiger partial charge in [-0.1, -0.05) is 35.3 Å². The maximum absolute atomic E-state index is 12.9. The molecule has 1 saturated carbocycles. The van der Waals surface area contributed by atoms with E-state index in [9.17, 15) is 4.79 Å². The summed E-state index contributed by atoms with van der Waals surface area (Å²) in [6, 6.07) is 3.25. The Labute approximate surface area is 176 Å². The van der Waals surface area contributed by atoms with E-state index >= 15 is 0 Å². The fourth-order valence-electron chi connectivity index (χ4n) is 2.80. The molecule has 1 N–H and O–H groups in total. The number of hydrogen-bond donors (Lipinski definition) is 1. The summed E-state index contributed by atoms with van der Waals surface area (Å²) in [4.78, 5) is 21.0. The highest BCUT2D eigenvalue weighted by molar-refractivity contribution is 7.15. The Kier molecular flexibility index (Phi) is 5.69. The normalized spacial score (nSPS) is 13.2. The van der Waals surface area contributed by atoms with E-state index in [1.165, 1.54) is 31.1 Å². The van der Waals surface area contributed by atoms with E-state index in [2.05, 4.69) is 37.3 Å². The molecule has 4 rings (SSSR count). The third kappa shape index (κ3) is 4.36. The first-order chi connectivity index (χ1) is 14.1. The molecule has 0 radical (unpaired) electrons. The summed E-state index contributed by atoms with van der Waals surface area (Å²) in [6.45, 7) is 0. The number of nitrogens with zero attached hydrogens (tertiary/aromatic N) is 4. The van der Waals surface area contributed by atoms with Gasteiger partial charge in [0.1, 0.15) is 10.9 Å². The zero-order chi connectivity index (χ0) is 20.2. The van der Waals surface area contributed by atoms with Crippen molar-refractivity contribution >= 4 is 34.0 Å². The molecule has 3 aromatic heterocycles. The monoisotopic (exact) mass is 425 g/mol. The highest BCUT2D eigenvalue weighted by Crippen LogP contribution is 2.33. The van der Waals surface area contributed by atoms with E-state index in [0.717, 1.165) is 12.8 Å². The minimum Gasteiger partial charge on any atom is -0.494 e. The molecule has 3 heterocycles. The van der Waals surface area contributed by atoms with Crippen molar-refractivity contribution in [3.8, 4) is 28.7 Å². The van der Waals surface area contributed by atoms with Crippen LogP contribution in [0.5, 0.6) is 5.75 Å². The zero-order valence-electron chi connectivity index (χ0n) is 15.5. The fourth-order valence-corrected chi connectivity index (χ4v) is 3.56.